The third-order valence-corrected chi connectivity index (χ3v) is 4.57. The molecular weight excluding hydrogens is 518 g/mol. The quantitative estimate of drug-likeness (QED) is 0.156. The van der Waals surface area contributed by atoms with Crippen LogP contribution in [0.25, 0.3) is 0 Å². The van der Waals surface area contributed by atoms with Crippen molar-refractivity contribution in [3.8, 4) is 5.75 Å². The summed E-state index contributed by atoms with van der Waals surface area (Å²) >= 11 is 11.9. The highest BCUT2D eigenvalue weighted by molar-refractivity contribution is 6.42. The molecule has 0 amide bonds. The van der Waals surface area contributed by atoms with Crippen molar-refractivity contribution in [2.75, 3.05) is 10.7 Å². The minimum Gasteiger partial charge on any atom is -0.406 e. The van der Waals surface area contributed by atoms with Gasteiger partial charge >= 0.3 is 12.5 Å². The van der Waals surface area contributed by atoms with Gasteiger partial charge in [0.2, 0.25) is 5.95 Å². The molecule has 0 bridgehead atoms. The molecule has 15 heteroatoms. The van der Waals surface area contributed by atoms with E-state index < -0.39 is 29.7 Å². The number of nitrogens with one attached hydrogen (secondary N) is 2. The van der Waals surface area contributed by atoms with Crippen LogP contribution in [0.2, 0.25) is 10.2 Å². The number of alkyl halides is 6. The second-order valence-corrected chi connectivity index (χ2v) is 7.04. The van der Waals surface area contributed by atoms with Crippen molar-refractivity contribution in [3.05, 3.63) is 69.6 Å². The maximum atomic E-state index is 13.5. The predicted molar refractivity (Wildman–Crippen MR) is 111 cm³/mol. The molecule has 0 aliphatic heterocycles. The van der Waals surface area contributed by atoms with Gasteiger partial charge in [0.25, 0.3) is 0 Å². The SMILES string of the molecule is Fc1ccc(Nc2nc(N/N=C/c3ccc(OC(F)(F)F)cc3)nc(Cl)c2Cl)cc1C(F)(F)F. The zero-order valence-corrected chi connectivity index (χ0v) is 17.8. The van der Waals surface area contributed by atoms with E-state index in [0.29, 0.717) is 17.7 Å². The molecule has 0 saturated heterocycles. The van der Waals surface area contributed by atoms with Gasteiger partial charge in [0.05, 0.1) is 11.8 Å². The van der Waals surface area contributed by atoms with Crippen molar-refractivity contribution in [2.45, 2.75) is 12.5 Å². The fourth-order valence-corrected chi connectivity index (χ4v) is 2.73. The summed E-state index contributed by atoms with van der Waals surface area (Å²) in [7, 11) is 0. The van der Waals surface area contributed by atoms with Gasteiger partial charge in [-0.15, -0.1) is 13.2 Å². The first kappa shape index (κ1) is 25.3. The first-order valence-electron chi connectivity index (χ1n) is 8.83. The Hall–Kier alpha value is -3.32. The van der Waals surface area contributed by atoms with E-state index in [1.807, 2.05) is 0 Å². The lowest BCUT2D eigenvalue weighted by atomic mass is 10.2. The molecule has 34 heavy (non-hydrogen) atoms. The zero-order valence-electron chi connectivity index (χ0n) is 16.3. The maximum absolute atomic E-state index is 13.5. The molecule has 0 aliphatic rings. The third kappa shape index (κ3) is 6.84. The largest absolute Gasteiger partial charge is 0.573 e. The molecule has 180 valence electrons. The van der Waals surface area contributed by atoms with Crippen molar-refractivity contribution in [1.29, 1.82) is 0 Å². The highest BCUT2D eigenvalue weighted by Gasteiger charge is 2.34. The maximum Gasteiger partial charge on any atom is 0.573 e. The molecule has 0 saturated carbocycles. The summed E-state index contributed by atoms with van der Waals surface area (Å²) in [4.78, 5) is 7.75. The van der Waals surface area contributed by atoms with Crippen molar-refractivity contribution >= 4 is 46.9 Å². The minimum absolute atomic E-state index is 0.180. The fraction of sp³-hybridized carbons (Fsp3) is 0.105. The van der Waals surface area contributed by atoms with E-state index in [1.54, 1.807) is 0 Å². The number of benzene rings is 2. The van der Waals surface area contributed by atoms with Crippen molar-refractivity contribution in [3.63, 3.8) is 0 Å². The minimum atomic E-state index is -4.92. The third-order valence-electron chi connectivity index (χ3n) is 3.84. The normalized spacial score (nSPS) is 12.1. The summed E-state index contributed by atoms with van der Waals surface area (Å²) in [6.07, 6.45) is -8.53. The van der Waals surface area contributed by atoms with E-state index in [4.69, 9.17) is 23.2 Å². The van der Waals surface area contributed by atoms with Crippen LogP contribution in [0.3, 0.4) is 0 Å². The highest BCUT2D eigenvalue weighted by atomic mass is 35.5. The van der Waals surface area contributed by atoms with Crippen molar-refractivity contribution < 1.29 is 35.5 Å². The number of aromatic nitrogens is 2. The number of halogens is 9. The molecule has 2 N–H and O–H groups in total. The zero-order chi connectivity index (χ0) is 25.1. The van der Waals surface area contributed by atoms with Crippen LogP contribution in [0.5, 0.6) is 5.75 Å². The Morgan fingerprint density at radius 2 is 1.62 bits per heavy atom. The number of rotatable bonds is 6. The first-order valence-corrected chi connectivity index (χ1v) is 9.59. The number of anilines is 3. The van der Waals surface area contributed by atoms with E-state index in [0.717, 1.165) is 18.2 Å². The van der Waals surface area contributed by atoms with Crippen molar-refractivity contribution in [2.24, 2.45) is 5.10 Å². The second-order valence-electron chi connectivity index (χ2n) is 6.30. The van der Waals surface area contributed by atoms with E-state index in [2.05, 4.69) is 30.5 Å². The Balaban J connectivity index is 1.75. The molecule has 0 unspecified atom stereocenters. The standard InChI is InChI=1S/C19H10Cl2F7N5O/c20-14-15(21)31-17(33-29-8-9-1-4-11(5-2-9)34-19(26,27)28)32-16(14)30-10-3-6-13(22)12(7-10)18(23,24)25/h1-8H,(H2,30,31,32,33)/b29-8+. The van der Waals surface area contributed by atoms with Crippen LogP contribution in [-0.4, -0.2) is 22.5 Å². The molecule has 0 spiro atoms. The number of hydrogen-bond donors (Lipinski definition) is 2. The summed E-state index contributed by atoms with van der Waals surface area (Å²) in [6, 6.07) is 6.92. The average molecular weight is 528 g/mol. The number of hydrogen-bond acceptors (Lipinski definition) is 6. The Kier molecular flexibility index (Phi) is 7.36. The van der Waals surface area contributed by atoms with Gasteiger partial charge in [-0.2, -0.15) is 28.2 Å². The Labute approximate surface area is 196 Å². The molecule has 3 rings (SSSR count). The molecule has 0 atom stereocenters. The smallest absolute Gasteiger partial charge is 0.406 e. The first-order chi connectivity index (χ1) is 15.8. The van der Waals surface area contributed by atoms with Crippen LogP contribution in [0.4, 0.5) is 48.2 Å². The van der Waals surface area contributed by atoms with Gasteiger partial charge in [-0.25, -0.2) is 9.82 Å². The van der Waals surface area contributed by atoms with E-state index in [1.165, 1.54) is 18.3 Å². The monoisotopic (exact) mass is 527 g/mol. The lowest BCUT2D eigenvalue weighted by Gasteiger charge is -2.13. The van der Waals surface area contributed by atoms with Crippen LogP contribution in [0.1, 0.15) is 11.1 Å². The molecule has 2 aromatic carbocycles. The second kappa shape index (κ2) is 9.89. The number of ether oxygens (including phenoxy) is 1. The molecule has 0 aliphatic carbocycles. The summed E-state index contributed by atoms with van der Waals surface area (Å²) in [6.45, 7) is 0. The van der Waals surface area contributed by atoms with Crippen LogP contribution in [-0.2, 0) is 6.18 Å². The average Bonchev–Trinajstić information content (AvgIpc) is 2.72. The topological polar surface area (TPSA) is 71.4 Å². The van der Waals surface area contributed by atoms with Gasteiger partial charge < -0.3 is 10.1 Å². The van der Waals surface area contributed by atoms with E-state index >= 15 is 0 Å². The lowest BCUT2D eigenvalue weighted by molar-refractivity contribution is -0.274. The van der Waals surface area contributed by atoms with Crippen molar-refractivity contribution in [1.82, 2.24) is 9.97 Å². The van der Waals surface area contributed by atoms with Gasteiger partial charge in [0, 0.05) is 5.69 Å². The van der Waals surface area contributed by atoms with E-state index in [-0.39, 0.29) is 27.6 Å². The molecule has 1 heterocycles. The van der Waals surface area contributed by atoms with Crippen LogP contribution in [0.15, 0.2) is 47.6 Å². The molecule has 1 aromatic heterocycles. The Morgan fingerprint density at radius 1 is 0.941 bits per heavy atom. The summed E-state index contributed by atoms with van der Waals surface area (Å²) in [5.74, 6) is -2.30. The van der Waals surface area contributed by atoms with E-state index in [9.17, 15) is 30.7 Å². The number of nitrogens with zero attached hydrogens (tertiary/aromatic N) is 3. The van der Waals surface area contributed by atoms with Gasteiger partial charge in [-0.3, -0.25) is 0 Å². The molecule has 3 aromatic rings. The molecule has 0 radical (unpaired) electrons. The number of hydrazone groups is 1. The molecule has 0 fully saturated rings. The molecule has 6 nitrogen and oxygen atoms in total. The Morgan fingerprint density at radius 3 is 2.24 bits per heavy atom. The summed E-state index contributed by atoms with van der Waals surface area (Å²) in [5, 5.41) is 5.79. The van der Waals surface area contributed by atoms with Crippen LogP contribution < -0.4 is 15.5 Å². The van der Waals surface area contributed by atoms with Gasteiger partial charge in [-0.1, -0.05) is 23.2 Å². The predicted octanol–water partition coefficient (Wildman–Crippen LogP) is 7.03. The van der Waals surface area contributed by atoms with Gasteiger partial charge in [0.15, 0.2) is 11.0 Å². The Bertz CT molecular complexity index is 1200. The summed E-state index contributed by atoms with van der Waals surface area (Å²) < 4.78 is 92.6. The van der Waals surface area contributed by atoms with Crippen LogP contribution in [0, 0.1) is 5.82 Å². The highest BCUT2D eigenvalue weighted by Crippen LogP contribution is 2.35. The fourth-order valence-electron chi connectivity index (χ4n) is 2.43. The lowest BCUT2D eigenvalue weighted by Crippen LogP contribution is -2.17. The van der Waals surface area contributed by atoms with Gasteiger partial charge in [0.1, 0.15) is 16.6 Å². The summed E-state index contributed by atoms with van der Waals surface area (Å²) in [5.41, 5.74) is 1.10. The molecular formula is C19H10Cl2F7N5O. The van der Waals surface area contributed by atoms with Crippen LogP contribution >= 0.6 is 23.2 Å². The van der Waals surface area contributed by atoms with Gasteiger partial charge in [-0.05, 0) is 48.0 Å².